The first kappa shape index (κ1) is 30.3. The molecule has 8 nitrogen and oxygen atoms in total. The number of hydrogen-bond donors (Lipinski definition) is 0. The Morgan fingerprint density at radius 3 is 2.42 bits per heavy atom. The molecule has 0 N–H and O–H groups in total. The maximum atomic E-state index is 12.7. The third kappa shape index (κ3) is 6.79. The third-order valence-corrected chi connectivity index (χ3v) is 8.38. The minimum absolute atomic E-state index is 0.228. The summed E-state index contributed by atoms with van der Waals surface area (Å²) in [4.78, 5) is 28.8. The van der Waals surface area contributed by atoms with Crippen molar-refractivity contribution in [3.63, 3.8) is 0 Å². The molecule has 0 radical (unpaired) electrons. The molecule has 2 aliphatic rings. The molecule has 5 rings (SSSR count). The van der Waals surface area contributed by atoms with Crippen molar-refractivity contribution in [2.45, 2.75) is 58.2 Å². The van der Waals surface area contributed by atoms with Gasteiger partial charge in [-0.15, -0.1) is 0 Å². The fourth-order valence-corrected chi connectivity index (χ4v) is 6.25. The summed E-state index contributed by atoms with van der Waals surface area (Å²) in [5.41, 5.74) is 1.82. The highest BCUT2D eigenvalue weighted by Crippen LogP contribution is 2.32. The number of benzene rings is 1. The smallest absolute Gasteiger partial charge is 0.327 e. The Hall–Kier alpha value is -2.65. The highest BCUT2D eigenvalue weighted by Gasteiger charge is 2.37. The highest BCUT2D eigenvalue weighted by molar-refractivity contribution is 6.33. The van der Waals surface area contributed by atoms with E-state index in [1.807, 2.05) is 61.1 Å². The summed E-state index contributed by atoms with van der Waals surface area (Å²) in [5.74, 6) is 0.613. The van der Waals surface area contributed by atoms with E-state index >= 15 is 0 Å². The van der Waals surface area contributed by atoms with Crippen LogP contribution in [-0.2, 0) is 9.53 Å². The van der Waals surface area contributed by atoms with Crippen LogP contribution in [0.5, 0.6) is 0 Å². The molecule has 4 heterocycles. The van der Waals surface area contributed by atoms with E-state index in [4.69, 9.17) is 32.9 Å². The van der Waals surface area contributed by atoms with Crippen LogP contribution in [0.3, 0.4) is 0 Å². The summed E-state index contributed by atoms with van der Waals surface area (Å²) in [6.07, 6.45) is 10.3. The predicted octanol–water partition coefficient (Wildman–Crippen LogP) is 5.88. The molecule has 216 valence electrons. The van der Waals surface area contributed by atoms with Crippen LogP contribution in [0.25, 0.3) is 5.69 Å². The Balaban J connectivity index is 0.00000181. The van der Waals surface area contributed by atoms with Crippen LogP contribution in [0, 0.1) is 0 Å². The lowest BCUT2D eigenvalue weighted by atomic mass is 9.95. The number of carbonyl (C=O) groups is 1. The Kier molecular flexibility index (Phi) is 10.8. The van der Waals surface area contributed by atoms with E-state index < -0.39 is 6.04 Å². The first-order valence-electron chi connectivity index (χ1n) is 14.2. The van der Waals surface area contributed by atoms with Crippen molar-refractivity contribution in [1.82, 2.24) is 24.3 Å². The molecule has 2 aliphatic heterocycles. The minimum atomic E-state index is -0.407. The van der Waals surface area contributed by atoms with Crippen LogP contribution in [0.2, 0.25) is 10.0 Å². The summed E-state index contributed by atoms with van der Waals surface area (Å²) in [6.45, 7) is 10.7. The van der Waals surface area contributed by atoms with E-state index in [1.165, 1.54) is 7.11 Å². The zero-order chi connectivity index (χ0) is 28.6. The van der Waals surface area contributed by atoms with Gasteiger partial charge in [0, 0.05) is 62.2 Å². The predicted molar refractivity (Wildman–Crippen MR) is 162 cm³/mol. The molecule has 10 heteroatoms. The van der Waals surface area contributed by atoms with Crippen LogP contribution in [0.1, 0.15) is 51.6 Å². The molecule has 2 atom stereocenters. The van der Waals surface area contributed by atoms with Crippen molar-refractivity contribution in [2.24, 2.45) is 0 Å². The second kappa shape index (κ2) is 14.3. The Morgan fingerprint density at radius 1 is 1.10 bits per heavy atom. The average molecular weight is 588 g/mol. The molecule has 0 aliphatic carbocycles. The second-order valence-corrected chi connectivity index (χ2v) is 10.8. The lowest BCUT2D eigenvalue weighted by molar-refractivity contribution is -0.148. The molecule has 0 bridgehead atoms. The number of piperazine rings is 1. The number of imidazole rings is 1. The Labute approximate surface area is 247 Å². The van der Waals surface area contributed by atoms with E-state index in [2.05, 4.69) is 26.6 Å². The molecular formula is C30H40Cl2N6O2. The fourth-order valence-electron chi connectivity index (χ4n) is 5.84. The van der Waals surface area contributed by atoms with Crippen LogP contribution in [-0.4, -0.2) is 82.2 Å². The first-order chi connectivity index (χ1) is 19.5. The van der Waals surface area contributed by atoms with E-state index in [1.54, 1.807) is 12.5 Å². The van der Waals surface area contributed by atoms with Crippen LogP contribution in [0.4, 0.5) is 5.82 Å². The summed E-state index contributed by atoms with van der Waals surface area (Å²) in [6, 6.07) is 9.94. The molecule has 2 fully saturated rings. The molecule has 1 aromatic carbocycles. The molecular weight excluding hydrogens is 547 g/mol. The van der Waals surface area contributed by atoms with Crippen molar-refractivity contribution in [1.29, 1.82) is 0 Å². The highest BCUT2D eigenvalue weighted by atomic mass is 35.5. The van der Waals surface area contributed by atoms with E-state index in [9.17, 15) is 4.79 Å². The molecule has 3 aromatic rings. The number of likely N-dealkylation sites (tertiary alicyclic amines) is 1. The number of esters is 1. The monoisotopic (exact) mass is 586 g/mol. The van der Waals surface area contributed by atoms with Gasteiger partial charge in [-0.3, -0.25) is 9.80 Å². The van der Waals surface area contributed by atoms with Gasteiger partial charge in [-0.25, -0.2) is 14.8 Å². The Bertz CT molecular complexity index is 1220. The van der Waals surface area contributed by atoms with Crippen molar-refractivity contribution in [3.05, 3.63) is 70.9 Å². The summed E-state index contributed by atoms with van der Waals surface area (Å²) >= 11 is 12.8. The van der Waals surface area contributed by atoms with Crippen LogP contribution < -0.4 is 4.90 Å². The second-order valence-electron chi connectivity index (χ2n) is 9.96. The lowest BCUT2D eigenvalue weighted by Gasteiger charge is -2.48. The Morgan fingerprint density at radius 2 is 1.82 bits per heavy atom. The van der Waals surface area contributed by atoms with Gasteiger partial charge in [-0.05, 0) is 43.0 Å². The number of pyridine rings is 1. The van der Waals surface area contributed by atoms with Crippen molar-refractivity contribution >= 4 is 35.0 Å². The fraction of sp³-hybridized carbons (Fsp3) is 0.500. The average Bonchev–Trinajstić information content (AvgIpc) is 3.54. The summed E-state index contributed by atoms with van der Waals surface area (Å²) < 4.78 is 7.07. The molecule has 0 spiro atoms. The van der Waals surface area contributed by atoms with Gasteiger partial charge >= 0.3 is 5.97 Å². The SMILES string of the molecule is CC.CCC1CN(c2ncc(-n3ccnc3)cc2Cl)CCN1C1CCN(C(C(=O)OC)c2ccc(Cl)cc2)CC1. The number of piperidine rings is 1. The summed E-state index contributed by atoms with van der Waals surface area (Å²) in [7, 11) is 1.45. The number of halogens is 2. The standard InChI is InChI=1S/C28H34Cl2N6O2.C2H6/c1-3-22-18-34(27-25(30)16-24(17-32-27)35-13-10-31-19-35)14-15-36(22)23-8-11-33(12-9-23)26(28(37)38-2)20-4-6-21(29)7-5-20;1-2/h4-7,10,13,16-17,19,22-23,26H,3,8-9,11-12,14-15,18H2,1-2H3;1-2H3. The van der Waals surface area contributed by atoms with Gasteiger partial charge in [0.1, 0.15) is 11.9 Å². The third-order valence-electron chi connectivity index (χ3n) is 7.85. The zero-order valence-electron chi connectivity index (χ0n) is 23.8. The van der Waals surface area contributed by atoms with Crippen LogP contribution >= 0.6 is 23.2 Å². The van der Waals surface area contributed by atoms with Crippen molar-refractivity contribution in [2.75, 3.05) is 44.7 Å². The topological polar surface area (TPSA) is 66.7 Å². The largest absolute Gasteiger partial charge is 0.468 e. The van der Waals surface area contributed by atoms with Crippen molar-refractivity contribution < 1.29 is 9.53 Å². The summed E-state index contributed by atoms with van der Waals surface area (Å²) in [5, 5.41) is 1.32. The molecule has 2 aromatic heterocycles. The lowest BCUT2D eigenvalue weighted by Crippen LogP contribution is -2.58. The van der Waals surface area contributed by atoms with E-state index in [0.717, 1.165) is 69.1 Å². The van der Waals surface area contributed by atoms with Crippen LogP contribution in [0.15, 0.2) is 55.2 Å². The van der Waals surface area contributed by atoms with Gasteiger partial charge in [0.25, 0.3) is 0 Å². The molecule has 2 saturated heterocycles. The molecule has 0 saturated carbocycles. The van der Waals surface area contributed by atoms with E-state index in [-0.39, 0.29) is 5.97 Å². The number of ether oxygens (including phenoxy) is 1. The normalized spacial score (nSPS) is 19.6. The number of hydrogen-bond acceptors (Lipinski definition) is 7. The number of aromatic nitrogens is 3. The van der Waals surface area contributed by atoms with E-state index in [0.29, 0.717) is 22.1 Å². The van der Waals surface area contributed by atoms with Crippen molar-refractivity contribution in [3.8, 4) is 5.69 Å². The van der Waals surface area contributed by atoms with Gasteiger partial charge in [0.15, 0.2) is 0 Å². The van der Waals surface area contributed by atoms with Gasteiger partial charge < -0.3 is 14.2 Å². The van der Waals surface area contributed by atoms with Gasteiger partial charge in [-0.1, -0.05) is 56.1 Å². The number of anilines is 1. The zero-order valence-corrected chi connectivity index (χ0v) is 25.4. The molecule has 2 unspecified atom stereocenters. The number of methoxy groups -OCH3 is 1. The first-order valence-corrected chi connectivity index (χ1v) is 15.0. The quantitative estimate of drug-likeness (QED) is 0.320. The molecule has 40 heavy (non-hydrogen) atoms. The van der Waals surface area contributed by atoms with Gasteiger partial charge in [-0.2, -0.15) is 0 Å². The van der Waals surface area contributed by atoms with Gasteiger partial charge in [0.2, 0.25) is 0 Å². The maximum Gasteiger partial charge on any atom is 0.327 e. The number of carbonyl (C=O) groups excluding carboxylic acids is 1. The minimum Gasteiger partial charge on any atom is -0.468 e. The number of nitrogens with zero attached hydrogens (tertiary/aromatic N) is 6. The van der Waals surface area contributed by atoms with Gasteiger partial charge in [0.05, 0.1) is 30.3 Å². The maximum absolute atomic E-state index is 12.7. The molecule has 0 amide bonds. The number of rotatable bonds is 7.